The van der Waals surface area contributed by atoms with E-state index in [0.29, 0.717) is 18.2 Å². The Morgan fingerprint density at radius 2 is 1.92 bits per heavy atom. The lowest BCUT2D eigenvalue weighted by Crippen LogP contribution is -2.44. The van der Waals surface area contributed by atoms with Crippen molar-refractivity contribution < 1.29 is 4.79 Å². The first-order valence-corrected chi connectivity index (χ1v) is 8.65. The topological polar surface area (TPSA) is 73.4 Å². The summed E-state index contributed by atoms with van der Waals surface area (Å²) in [5, 5.41) is 6.22. The summed E-state index contributed by atoms with van der Waals surface area (Å²) in [7, 11) is 0. The van der Waals surface area contributed by atoms with Crippen LogP contribution in [0.2, 0.25) is 0 Å². The molecule has 1 saturated heterocycles. The van der Waals surface area contributed by atoms with Gasteiger partial charge < -0.3 is 20.4 Å². The largest absolute Gasteiger partial charge is 0.338 e. The Morgan fingerprint density at radius 3 is 2.64 bits per heavy atom. The van der Waals surface area contributed by atoms with Gasteiger partial charge in [-0.15, -0.1) is 0 Å². The maximum atomic E-state index is 12.6. The van der Waals surface area contributed by atoms with Gasteiger partial charge in [0.1, 0.15) is 0 Å². The standard InChI is InChI=1S/C18H22N6O/c1-13-16-5-3-2-4-14(16)12-24(13)18(25)22-15-10-20-17(21-11-15)23-8-6-19-7-9-23/h2-5,10-11,13,19H,6-9,12H2,1H3,(H,22,25). The Kier molecular flexibility index (Phi) is 4.23. The molecule has 2 amide bonds. The Morgan fingerprint density at radius 1 is 1.20 bits per heavy atom. The van der Waals surface area contributed by atoms with E-state index in [1.807, 2.05) is 17.0 Å². The first kappa shape index (κ1) is 15.8. The Labute approximate surface area is 147 Å². The number of nitrogens with zero attached hydrogens (tertiary/aromatic N) is 4. The maximum Gasteiger partial charge on any atom is 0.322 e. The number of benzene rings is 1. The highest BCUT2D eigenvalue weighted by molar-refractivity contribution is 5.89. The Bertz CT molecular complexity index is 756. The lowest BCUT2D eigenvalue weighted by molar-refractivity contribution is 0.199. The van der Waals surface area contributed by atoms with E-state index in [9.17, 15) is 4.79 Å². The van der Waals surface area contributed by atoms with Gasteiger partial charge in [-0.05, 0) is 18.1 Å². The van der Waals surface area contributed by atoms with E-state index < -0.39 is 0 Å². The van der Waals surface area contributed by atoms with E-state index in [0.717, 1.165) is 26.2 Å². The average molecular weight is 338 g/mol. The van der Waals surface area contributed by atoms with Crippen LogP contribution in [0.15, 0.2) is 36.7 Å². The highest BCUT2D eigenvalue weighted by Crippen LogP contribution is 2.33. The number of urea groups is 1. The van der Waals surface area contributed by atoms with E-state index in [2.05, 4.69) is 44.6 Å². The number of nitrogens with one attached hydrogen (secondary N) is 2. The number of anilines is 2. The van der Waals surface area contributed by atoms with E-state index in [1.165, 1.54) is 11.1 Å². The minimum Gasteiger partial charge on any atom is -0.338 e. The van der Waals surface area contributed by atoms with E-state index >= 15 is 0 Å². The summed E-state index contributed by atoms with van der Waals surface area (Å²) in [5.41, 5.74) is 3.03. The second-order valence-electron chi connectivity index (χ2n) is 6.44. The van der Waals surface area contributed by atoms with Gasteiger partial charge in [-0.3, -0.25) is 0 Å². The second kappa shape index (κ2) is 6.68. The number of hydrogen-bond donors (Lipinski definition) is 2. The van der Waals surface area contributed by atoms with Gasteiger partial charge in [-0.2, -0.15) is 0 Å². The third-order valence-corrected chi connectivity index (χ3v) is 4.86. The molecule has 1 fully saturated rings. The van der Waals surface area contributed by atoms with E-state index in [4.69, 9.17) is 0 Å². The van der Waals surface area contributed by atoms with Crippen LogP contribution < -0.4 is 15.5 Å². The van der Waals surface area contributed by atoms with Crippen molar-refractivity contribution in [2.24, 2.45) is 0 Å². The number of piperazine rings is 1. The molecule has 7 nitrogen and oxygen atoms in total. The fraction of sp³-hybridized carbons (Fsp3) is 0.389. The molecule has 1 aromatic carbocycles. The number of carbonyl (C=O) groups is 1. The number of aromatic nitrogens is 2. The van der Waals surface area contributed by atoms with Crippen molar-refractivity contribution in [3.63, 3.8) is 0 Å². The molecule has 0 bridgehead atoms. The summed E-state index contributed by atoms with van der Waals surface area (Å²) in [6.45, 7) is 6.35. The SMILES string of the molecule is CC1c2ccccc2CN1C(=O)Nc1cnc(N2CCNCC2)nc1. The zero-order valence-electron chi connectivity index (χ0n) is 14.3. The molecule has 0 aliphatic carbocycles. The predicted octanol–water partition coefficient (Wildman–Crippen LogP) is 1.99. The van der Waals surface area contributed by atoms with Gasteiger partial charge in [-0.25, -0.2) is 14.8 Å². The zero-order chi connectivity index (χ0) is 17.2. The Balaban J connectivity index is 1.41. The van der Waals surface area contributed by atoms with Crippen LogP contribution in [-0.2, 0) is 6.54 Å². The summed E-state index contributed by atoms with van der Waals surface area (Å²) in [6.07, 6.45) is 3.35. The fourth-order valence-corrected chi connectivity index (χ4v) is 3.43. The molecule has 0 saturated carbocycles. The smallest absolute Gasteiger partial charge is 0.322 e. The number of fused-ring (bicyclic) bond motifs is 1. The first-order valence-electron chi connectivity index (χ1n) is 8.65. The maximum absolute atomic E-state index is 12.6. The molecule has 2 aliphatic heterocycles. The van der Waals surface area contributed by atoms with Gasteiger partial charge in [0.15, 0.2) is 0 Å². The molecule has 1 atom stereocenters. The van der Waals surface area contributed by atoms with Gasteiger partial charge >= 0.3 is 6.03 Å². The minimum atomic E-state index is -0.123. The number of hydrogen-bond acceptors (Lipinski definition) is 5. The summed E-state index contributed by atoms with van der Waals surface area (Å²) in [6, 6.07) is 8.12. The van der Waals surface area contributed by atoms with Crippen LogP contribution in [-0.4, -0.2) is 47.1 Å². The monoisotopic (exact) mass is 338 g/mol. The lowest BCUT2D eigenvalue weighted by atomic mass is 10.1. The van der Waals surface area contributed by atoms with Crippen LogP contribution in [0.1, 0.15) is 24.1 Å². The molecule has 4 rings (SSSR count). The predicted molar refractivity (Wildman–Crippen MR) is 96.5 cm³/mol. The molecule has 1 aromatic heterocycles. The van der Waals surface area contributed by atoms with Crippen molar-refractivity contribution in [1.82, 2.24) is 20.2 Å². The quantitative estimate of drug-likeness (QED) is 0.876. The average Bonchev–Trinajstić information content (AvgIpc) is 3.00. The van der Waals surface area contributed by atoms with Crippen LogP contribution in [0.5, 0.6) is 0 Å². The van der Waals surface area contributed by atoms with Gasteiger partial charge in [-0.1, -0.05) is 24.3 Å². The highest BCUT2D eigenvalue weighted by atomic mass is 16.2. The Hall–Kier alpha value is -2.67. The van der Waals surface area contributed by atoms with Crippen molar-refractivity contribution in [2.45, 2.75) is 19.5 Å². The summed E-state index contributed by atoms with van der Waals surface area (Å²) >= 11 is 0. The highest BCUT2D eigenvalue weighted by Gasteiger charge is 2.30. The zero-order valence-corrected chi connectivity index (χ0v) is 14.3. The minimum absolute atomic E-state index is 0.0669. The van der Waals surface area contributed by atoms with Crippen LogP contribution >= 0.6 is 0 Å². The molecular formula is C18H22N6O. The molecular weight excluding hydrogens is 316 g/mol. The van der Waals surface area contributed by atoms with Crippen LogP contribution in [0.4, 0.5) is 16.4 Å². The summed E-state index contributed by atoms with van der Waals surface area (Å²) in [5.74, 6) is 0.710. The van der Waals surface area contributed by atoms with Gasteiger partial charge in [0.2, 0.25) is 5.95 Å². The van der Waals surface area contributed by atoms with Crippen molar-refractivity contribution in [1.29, 1.82) is 0 Å². The molecule has 1 unspecified atom stereocenters. The van der Waals surface area contributed by atoms with Gasteiger partial charge in [0.25, 0.3) is 0 Å². The molecule has 7 heteroatoms. The fourth-order valence-electron chi connectivity index (χ4n) is 3.43. The van der Waals surface area contributed by atoms with E-state index in [-0.39, 0.29) is 12.1 Å². The van der Waals surface area contributed by atoms with Crippen LogP contribution in [0.25, 0.3) is 0 Å². The number of amides is 2. The molecule has 0 radical (unpaired) electrons. The molecule has 2 aromatic rings. The third kappa shape index (κ3) is 3.15. The molecule has 0 spiro atoms. The lowest BCUT2D eigenvalue weighted by Gasteiger charge is -2.27. The van der Waals surface area contributed by atoms with Crippen LogP contribution in [0, 0.1) is 0 Å². The normalized spacial score (nSPS) is 19.6. The summed E-state index contributed by atoms with van der Waals surface area (Å²) < 4.78 is 0. The summed E-state index contributed by atoms with van der Waals surface area (Å²) in [4.78, 5) is 25.4. The molecule has 2 aliphatic rings. The van der Waals surface area contributed by atoms with Gasteiger partial charge in [0.05, 0.1) is 24.1 Å². The van der Waals surface area contributed by atoms with Crippen molar-refractivity contribution in [3.8, 4) is 0 Å². The third-order valence-electron chi connectivity index (χ3n) is 4.86. The van der Waals surface area contributed by atoms with Crippen LogP contribution in [0.3, 0.4) is 0 Å². The van der Waals surface area contributed by atoms with Crippen molar-refractivity contribution in [3.05, 3.63) is 47.8 Å². The molecule has 3 heterocycles. The van der Waals surface area contributed by atoms with Crippen molar-refractivity contribution in [2.75, 3.05) is 36.4 Å². The number of carbonyl (C=O) groups excluding carboxylic acids is 1. The first-order chi connectivity index (χ1) is 12.2. The molecule has 130 valence electrons. The second-order valence-corrected chi connectivity index (χ2v) is 6.44. The molecule has 2 N–H and O–H groups in total. The molecule has 25 heavy (non-hydrogen) atoms. The number of rotatable bonds is 2. The van der Waals surface area contributed by atoms with Crippen molar-refractivity contribution >= 4 is 17.7 Å². The van der Waals surface area contributed by atoms with E-state index in [1.54, 1.807) is 12.4 Å². The van der Waals surface area contributed by atoms with Gasteiger partial charge in [0, 0.05) is 32.7 Å².